The molecule has 3 aromatic rings. The smallest absolute Gasteiger partial charge is 0.233 e. The Morgan fingerprint density at radius 1 is 1.42 bits per heavy atom. The van der Waals surface area contributed by atoms with Gasteiger partial charge in [-0.15, -0.1) is 10.2 Å². The van der Waals surface area contributed by atoms with Gasteiger partial charge in [-0.05, 0) is 25.6 Å². The molecule has 0 fully saturated rings. The van der Waals surface area contributed by atoms with E-state index >= 15 is 0 Å². The van der Waals surface area contributed by atoms with Gasteiger partial charge in [0.2, 0.25) is 9.73 Å². The molecule has 0 bridgehead atoms. The minimum absolute atomic E-state index is 0.631. The van der Waals surface area contributed by atoms with Gasteiger partial charge in [0.1, 0.15) is 11.5 Å². The van der Waals surface area contributed by atoms with Gasteiger partial charge in [0, 0.05) is 12.6 Å². The highest BCUT2D eigenvalue weighted by molar-refractivity contribution is 7.71. The van der Waals surface area contributed by atoms with Gasteiger partial charge in [-0.1, -0.05) is 29.8 Å². The highest BCUT2D eigenvalue weighted by atomic mass is 32.1. The molecule has 0 aliphatic rings. The zero-order valence-electron chi connectivity index (χ0n) is 10.7. The Labute approximate surface area is 118 Å². The summed E-state index contributed by atoms with van der Waals surface area (Å²) in [5, 5.41) is 13.7. The third-order valence-corrected chi connectivity index (χ3v) is 4.04. The molecular weight excluding hydrogens is 282 g/mol. The van der Waals surface area contributed by atoms with Crippen molar-refractivity contribution in [2.75, 3.05) is 0 Å². The predicted octanol–water partition coefficient (Wildman–Crippen LogP) is 3.09. The second-order valence-corrected chi connectivity index (χ2v) is 5.60. The molecule has 0 atom stereocenters. The van der Waals surface area contributed by atoms with Crippen LogP contribution < -0.4 is 0 Å². The van der Waals surface area contributed by atoms with E-state index in [1.54, 1.807) is 4.52 Å². The van der Waals surface area contributed by atoms with Gasteiger partial charge in [-0.3, -0.25) is 0 Å². The summed E-state index contributed by atoms with van der Waals surface area (Å²) in [6.07, 6.45) is 2.18. The maximum absolute atomic E-state index is 5.37. The van der Waals surface area contributed by atoms with Crippen molar-refractivity contribution >= 4 is 28.5 Å². The zero-order valence-corrected chi connectivity index (χ0v) is 12.3. The molecule has 0 saturated carbocycles. The highest BCUT2D eigenvalue weighted by Gasteiger charge is 2.14. The SMILES string of the molecule is CCCCn1nc2sc(-c3cc(C)on3)nn2c1=S. The first-order valence-corrected chi connectivity index (χ1v) is 7.32. The molecule has 100 valence electrons. The first-order chi connectivity index (χ1) is 9.19. The van der Waals surface area contributed by atoms with E-state index < -0.39 is 0 Å². The van der Waals surface area contributed by atoms with E-state index in [1.807, 2.05) is 17.7 Å². The predicted molar refractivity (Wildman–Crippen MR) is 74.8 cm³/mol. The third kappa shape index (κ3) is 2.21. The lowest BCUT2D eigenvalue weighted by molar-refractivity contribution is 0.399. The van der Waals surface area contributed by atoms with Gasteiger partial charge in [-0.2, -0.15) is 4.52 Å². The summed E-state index contributed by atoms with van der Waals surface area (Å²) >= 11 is 6.84. The summed E-state index contributed by atoms with van der Waals surface area (Å²) in [6.45, 7) is 4.83. The summed E-state index contributed by atoms with van der Waals surface area (Å²) in [5.41, 5.74) is 0.725. The van der Waals surface area contributed by atoms with Crippen LogP contribution in [0.15, 0.2) is 10.6 Å². The Kier molecular flexibility index (Phi) is 3.19. The van der Waals surface area contributed by atoms with Crippen molar-refractivity contribution in [1.82, 2.24) is 24.6 Å². The number of nitrogens with zero attached hydrogens (tertiary/aromatic N) is 5. The molecule has 6 nitrogen and oxygen atoms in total. The van der Waals surface area contributed by atoms with Gasteiger partial charge in [0.15, 0.2) is 5.01 Å². The lowest BCUT2D eigenvalue weighted by Gasteiger charge is -1.96. The number of fused-ring (bicyclic) bond motifs is 1. The first kappa shape index (κ1) is 12.5. The van der Waals surface area contributed by atoms with Crippen molar-refractivity contribution in [2.24, 2.45) is 0 Å². The van der Waals surface area contributed by atoms with E-state index in [0.717, 1.165) is 40.8 Å². The molecule has 0 saturated heterocycles. The monoisotopic (exact) mass is 295 g/mol. The molecule has 0 N–H and O–H groups in total. The van der Waals surface area contributed by atoms with Crippen molar-refractivity contribution in [3.8, 4) is 10.7 Å². The number of unbranched alkanes of at least 4 members (excludes halogenated alkanes) is 1. The van der Waals surface area contributed by atoms with Gasteiger partial charge in [0.05, 0.1) is 0 Å². The molecular formula is C11H13N5OS2. The van der Waals surface area contributed by atoms with Crippen LogP contribution in [0.4, 0.5) is 0 Å². The quantitative estimate of drug-likeness (QED) is 0.692. The molecule has 0 amide bonds. The number of rotatable bonds is 4. The van der Waals surface area contributed by atoms with Crippen LogP contribution in [0.2, 0.25) is 0 Å². The first-order valence-electron chi connectivity index (χ1n) is 6.09. The van der Waals surface area contributed by atoms with Crippen LogP contribution >= 0.6 is 23.6 Å². The fraction of sp³-hybridized carbons (Fsp3) is 0.455. The van der Waals surface area contributed by atoms with Crippen LogP contribution in [-0.4, -0.2) is 24.6 Å². The lowest BCUT2D eigenvalue weighted by Crippen LogP contribution is -2.00. The minimum atomic E-state index is 0.631. The van der Waals surface area contributed by atoms with Crippen LogP contribution in [-0.2, 0) is 6.54 Å². The summed E-state index contributed by atoms with van der Waals surface area (Å²) < 4.78 is 9.20. The van der Waals surface area contributed by atoms with Gasteiger partial charge in [0.25, 0.3) is 0 Å². The van der Waals surface area contributed by atoms with E-state index in [2.05, 4.69) is 22.3 Å². The summed E-state index contributed by atoms with van der Waals surface area (Å²) in [5.74, 6) is 0.763. The molecule has 0 spiro atoms. The molecule has 8 heteroatoms. The normalized spacial score (nSPS) is 11.5. The molecule has 3 heterocycles. The lowest BCUT2D eigenvalue weighted by atomic mass is 10.3. The number of aromatic nitrogens is 5. The maximum Gasteiger partial charge on any atom is 0.233 e. The summed E-state index contributed by atoms with van der Waals surface area (Å²) in [7, 11) is 0. The molecule has 0 aliphatic heterocycles. The Morgan fingerprint density at radius 2 is 2.26 bits per heavy atom. The maximum atomic E-state index is 5.37. The standard InChI is InChI=1S/C11H13N5OS2/c1-3-4-5-15-11(18)16-10(13-15)19-9(12-16)8-6-7(2)17-14-8/h6H,3-5H2,1-2H3. The highest BCUT2D eigenvalue weighted by Crippen LogP contribution is 2.24. The van der Waals surface area contributed by atoms with Crippen LogP contribution in [0.5, 0.6) is 0 Å². The number of hydrogen-bond acceptors (Lipinski definition) is 6. The van der Waals surface area contributed by atoms with E-state index in [4.69, 9.17) is 16.7 Å². The van der Waals surface area contributed by atoms with Crippen LogP contribution in [0.3, 0.4) is 0 Å². The van der Waals surface area contributed by atoms with Crippen LogP contribution in [0, 0.1) is 11.7 Å². The Hall–Kier alpha value is -1.54. The molecule has 3 rings (SSSR count). The van der Waals surface area contributed by atoms with Crippen molar-refractivity contribution in [1.29, 1.82) is 0 Å². The molecule has 3 aromatic heterocycles. The molecule has 19 heavy (non-hydrogen) atoms. The fourth-order valence-corrected chi connectivity index (χ4v) is 2.92. The average molecular weight is 295 g/mol. The van der Waals surface area contributed by atoms with Crippen molar-refractivity contribution in [3.63, 3.8) is 0 Å². The van der Waals surface area contributed by atoms with E-state index in [-0.39, 0.29) is 0 Å². The molecule has 0 unspecified atom stereocenters. The summed E-state index contributed by atoms with van der Waals surface area (Å²) in [4.78, 5) is 0.789. The third-order valence-electron chi connectivity index (χ3n) is 2.74. The van der Waals surface area contributed by atoms with Gasteiger partial charge in [-0.25, -0.2) is 4.68 Å². The topological polar surface area (TPSA) is 61.2 Å². The van der Waals surface area contributed by atoms with Crippen LogP contribution in [0.1, 0.15) is 25.5 Å². The van der Waals surface area contributed by atoms with Gasteiger partial charge >= 0.3 is 0 Å². The van der Waals surface area contributed by atoms with Crippen LogP contribution in [0.25, 0.3) is 15.7 Å². The van der Waals surface area contributed by atoms with Crippen molar-refractivity contribution < 1.29 is 4.52 Å². The number of hydrogen-bond donors (Lipinski definition) is 0. The fourth-order valence-electron chi connectivity index (χ4n) is 1.75. The van der Waals surface area contributed by atoms with Gasteiger partial charge < -0.3 is 4.52 Å². The van der Waals surface area contributed by atoms with E-state index in [9.17, 15) is 0 Å². The molecule has 0 radical (unpaired) electrons. The summed E-state index contributed by atoms with van der Waals surface area (Å²) in [6, 6.07) is 1.85. The van der Waals surface area contributed by atoms with E-state index in [0.29, 0.717) is 4.77 Å². The van der Waals surface area contributed by atoms with E-state index in [1.165, 1.54) is 11.3 Å². The Balaban J connectivity index is 2.01. The Bertz CT molecular complexity index is 766. The Morgan fingerprint density at radius 3 is 2.89 bits per heavy atom. The minimum Gasteiger partial charge on any atom is -0.361 e. The second kappa shape index (κ2) is 4.86. The number of aryl methyl sites for hydroxylation is 2. The largest absolute Gasteiger partial charge is 0.361 e. The average Bonchev–Trinajstić information content (AvgIpc) is 3.04. The molecule has 0 aromatic carbocycles. The zero-order chi connectivity index (χ0) is 13.4. The second-order valence-electron chi connectivity index (χ2n) is 4.28. The van der Waals surface area contributed by atoms with Crippen molar-refractivity contribution in [2.45, 2.75) is 33.2 Å². The molecule has 0 aliphatic carbocycles. The van der Waals surface area contributed by atoms with Crippen molar-refractivity contribution in [3.05, 3.63) is 16.6 Å².